The van der Waals surface area contributed by atoms with Gasteiger partial charge in [0.1, 0.15) is 0 Å². The number of rotatable bonds is 4. The van der Waals surface area contributed by atoms with Crippen molar-refractivity contribution in [1.82, 2.24) is 10.2 Å². The van der Waals surface area contributed by atoms with Crippen molar-refractivity contribution < 1.29 is 4.79 Å². The lowest BCUT2D eigenvalue weighted by molar-refractivity contribution is 0.142. The van der Waals surface area contributed by atoms with Crippen LogP contribution in [0.4, 0.5) is 10.5 Å². The summed E-state index contributed by atoms with van der Waals surface area (Å²) in [6.45, 7) is 8.32. The number of carbonyl (C=O) groups is 1. The van der Waals surface area contributed by atoms with Crippen LogP contribution in [-0.2, 0) is 0 Å². The lowest BCUT2D eigenvalue weighted by atomic mass is 9.92. The van der Waals surface area contributed by atoms with Crippen LogP contribution >= 0.6 is 0 Å². The van der Waals surface area contributed by atoms with Crippen LogP contribution in [0.1, 0.15) is 25.8 Å². The molecular weight excluding hydrogens is 276 g/mol. The van der Waals surface area contributed by atoms with Crippen molar-refractivity contribution in [3.63, 3.8) is 0 Å². The van der Waals surface area contributed by atoms with Crippen LogP contribution in [-0.4, -0.2) is 37.1 Å². The zero-order chi connectivity index (χ0) is 15.9. The number of urea groups is 1. The van der Waals surface area contributed by atoms with Crippen LogP contribution in [0.15, 0.2) is 24.3 Å². The minimum atomic E-state index is -0.206. The van der Waals surface area contributed by atoms with Gasteiger partial charge in [0.15, 0.2) is 0 Å². The zero-order valence-corrected chi connectivity index (χ0v) is 13.3. The SMILES string of the molecule is CC1CC(C)CN(CCNC(=O)Nc2ccc(C#N)cc2)C1. The van der Waals surface area contributed by atoms with Gasteiger partial charge in [0.25, 0.3) is 0 Å². The molecular formula is C17H24N4O. The number of piperidine rings is 1. The molecule has 0 radical (unpaired) electrons. The molecule has 2 unspecified atom stereocenters. The van der Waals surface area contributed by atoms with Crippen LogP contribution in [0.5, 0.6) is 0 Å². The van der Waals surface area contributed by atoms with Gasteiger partial charge >= 0.3 is 6.03 Å². The summed E-state index contributed by atoms with van der Waals surface area (Å²) in [5.41, 5.74) is 1.27. The number of carbonyl (C=O) groups excluding carboxylic acids is 1. The standard InChI is InChI=1S/C17H24N4O/c1-13-9-14(2)12-21(11-13)8-7-19-17(22)20-16-5-3-15(10-18)4-6-16/h3-6,13-14H,7-9,11-12H2,1-2H3,(H2,19,20,22). The first-order chi connectivity index (χ1) is 10.6. The molecule has 1 aliphatic heterocycles. The average Bonchev–Trinajstić information content (AvgIpc) is 2.47. The zero-order valence-electron chi connectivity index (χ0n) is 13.3. The molecule has 0 bridgehead atoms. The fourth-order valence-electron chi connectivity index (χ4n) is 3.11. The number of nitriles is 1. The van der Waals surface area contributed by atoms with Crippen LogP contribution in [0.3, 0.4) is 0 Å². The summed E-state index contributed by atoms with van der Waals surface area (Å²) in [5, 5.41) is 14.4. The molecule has 118 valence electrons. The molecule has 0 saturated carbocycles. The van der Waals surface area contributed by atoms with Crippen LogP contribution in [0.2, 0.25) is 0 Å². The second kappa shape index (κ2) is 7.81. The maximum atomic E-state index is 11.8. The number of hydrogen-bond acceptors (Lipinski definition) is 3. The number of nitrogens with one attached hydrogen (secondary N) is 2. The fraction of sp³-hybridized carbons (Fsp3) is 0.529. The molecule has 1 heterocycles. The van der Waals surface area contributed by atoms with Gasteiger partial charge in [-0.15, -0.1) is 0 Å². The van der Waals surface area contributed by atoms with Gasteiger partial charge in [-0.3, -0.25) is 0 Å². The summed E-state index contributed by atoms with van der Waals surface area (Å²) in [7, 11) is 0. The van der Waals surface area contributed by atoms with Gasteiger partial charge in [0.05, 0.1) is 11.6 Å². The minimum absolute atomic E-state index is 0.206. The Hall–Kier alpha value is -2.06. The van der Waals surface area contributed by atoms with Crippen molar-refractivity contribution in [2.75, 3.05) is 31.5 Å². The van der Waals surface area contributed by atoms with E-state index in [2.05, 4.69) is 35.5 Å². The van der Waals surface area contributed by atoms with E-state index in [0.717, 1.165) is 31.5 Å². The molecule has 0 spiro atoms. The first-order valence-electron chi connectivity index (χ1n) is 7.84. The van der Waals surface area contributed by atoms with Crippen molar-refractivity contribution in [2.24, 2.45) is 11.8 Å². The number of hydrogen-bond donors (Lipinski definition) is 2. The van der Waals surface area contributed by atoms with E-state index < -0.39 is 0 Å². The van der Waals surface area contributed by atoms with Gasteiger partial charge in [-0.1, -0.05) is 13.8 Å². The van der Waals surface area contributed by atoms with E-state index in [1.165, 1.54) is 6.42 Å². The molecule has 1 fully saturated rings. The van der Waals surface area contributed by atoms with Crippen molar-refractivity contribution in [3.8, 4) is 6.07 Å². The van der Waals surface area contributed by atoms with Gasteiger partial charge in [0.2, 0.25) is 0 Å². The average molecular weight is 300 g/mol. The Morgan fingerprint density at radius 3 is 2.50 bits per heavy atom. The molecule has 2 N–H and O–H groups in total. The Morgan fingerprint density at radius 2 is 1.91 bits per heavy atom. The molecule has 2 rings (SSSR count). The molecule has 5 heteroatoms. The van der Waals surface area contributed by atoms with E-state index in [0.29, 0.717) is 17.8 Å². The molecule has 0 aliphatic carbocycles. The monoisotopic (exact) mass is 300 g/mol. The molecule has 5 nitrogen and oxygen atoms in total. The lowest BCUT2D eigenvalue weighted by Gasteiger charge is -2.34. The molecule has 22 heavy (non-hydrogen) atoms. The highest BCUT2D eigenvalue weighted by atomic mass is 16.2. The molecule has 1 aliphatic rings. The first kappa shape index (κ1) is 16.3. The Bertz CT molecular complexity index is 525. The van der Waals surface area contributed by atoms with Gasteiger partial charge in [-0.2, -0.15) is 5.26 Å². The normalized spacial score (nSPS) is 21.9. The van der Waals surface area contributed by atoms with Crippen LogP contribution in [0.25, 0.3) is 0 Å². The predicted molar refractivity (Wildman–Crippen MR) is 87.6 cm³/mol. The molecule has 2 atom stereocenters. The summed E-state index contributed by atoms with van der Waals surface area (Å²) in [6.07, 6.45) is 1.29. The van der Waals surface area contributed by atoms with E-state index in [-0.39, 0.29) is 6.03 Å². The third-order valence-electron chi connectivity index (χ3n) is 3.93. The highest BCUT2D eigenvalue weighted by molar-refractivity contribution is 5.89. The molecule has 1 aromatic rings. The number of likely N-dealkylation sites (tertiary alicyclic amines) is 1. The van der Waals surface area contributed by atoms with Crippen molar-refractivity contribution >= 4 is 11.7 Å². The fourth-order valence-corrected chi connectivity index (χ4v) is 3.11. The first-order valence-corrected chi connectivity index (χ1v) is 7.84. The summed E-state index contributed by atoms with van der Waals surface area (Å²) in [5.74, 6) is 1.47. The van der Waals surface area contributed by atoms with E-state index in [1.807, 2.05) is 0 Å². The molecule has 1 aromatic carbocycles. The topological polar surface area (TPSA) is 68.2 Å². The van der Waals surface area contributed by atoms with Crippen LogP contribution in [0, 0.1) is 23.2 Å². The predicted octanol–water partition coefficient (Wildman–Crippen LogP) is 2.66. The van der Waals surface area contributed by atoms with Gasteiger partial charge < -0.3 is 15.5 Å². The highest BCUT2D eigenvalue weighted by Gasteiger charge is 2.21. The maximum absolute atomic E-state index is 11.8. The Labute approximate surface area is 132 Å². The Kier molecular flexibility index (Phi) is 5.79. The minimum Gasteiger partial charge on any atom is -0.337 e. The maximum Gasteiger partial charge on any atom is 0.319 e. The number of nitrogens with zero attached hydrogens (tertiary/aromatic N) is 2. The summed E-state index contributed by atoms with van der Waals surface area (Å²) < 4.78 is 0. The van der Waals surface area contributed by atoms with Gasteiger partial charge in [-0.25, -0.2) is 4.79 Å². The van der Waals surface area contributed by atoms with E-state index in [9.17, 15) is 4.79 Å². The third kappa shape index (κ3) is 5.05. The quantitative estimate of drug-likeness (QED) is 0.898. The molecule has 2 amide bonds. The van der Waals surface area contributed by atoms with Crippen molar-refractivity contribution in [1.29, 1.82) is 5.26 Å². The Balaban J connectivity index is 1.70. The van der Waals surface area contributed by atoms with Gasteiger partial charge in [0, 0.05) is 31.9 Å². The smallest absolute Gasteiger partial charge is 0.319 e. The number of amides is 2. The molecule has 0 aromatic heterocycles. The summed E-state index contributed by atoms with van der Waals surface area (Å²) in [4.78, 5) is 14.2. The summed E-state index contributed by atoms with van der Waals surface area (Å²) in [6, 6.07) is 8.68. The number of benzene rings is 1. The van der Waals surface area contributed by atoms with Crippen molar-refractivity contribution in [3.05, 3.63) is 29.8 Å². The Morgan fingerprint density at radius 1 is 1.27 bits per heavy atom. The molecule has 1 saturated heterocycles. The van der Waals surface area contributed by atoms with E-state index in [4.69, 9.17) is 5.26 Å². The van der Waals surface area contributed by atoms with E-state index in [1.54, 1.807) is 24.3 Å². The second-order valence-corrected chi connectivity index (χ2v) is 6.28. The second-order valence-electron chi connectivity index (χ2n) is 6.28. The highest BCUT2D eigenvalue weighted by Crippen LogP contribution is 2.20. The largest absolute Gasteiger partial charge is 0.337 e. The van der Waals surface area contributed by atoms with E-state index >= 15 is 0 Å². The lowest BCUT2D eigenvalue weighted by Crippen LogP contribution is -2.43. The van der Waals surface area contributed by atoms with Crippen molar-refractivity contribution in [2.45, 2.75) is 20.3 Å². The van der Waals surface area contributed by atoms with Gasteiger partial charge in [-0.05, 0) is 42.5 Å². The number of anilines is 1. The van der Waals surface area contributed by atoms with Crippen LogP contribution < -0.4 is 10.6 Å². The third-order valence-corrected chi connectivity index (χ3v) is 3.93. The summed E-state index contributed by atoms with van der Waals surface area (Å²) >= 11 is 0.